The van der Waals surface area contributed by atoms with Gasteiger partial charge in [-0.25, -0.2) is 4.98 Å². The van der Waals surface area contributed by atoms with Gasteiger partial charge in [0, 0.05) is 29.0 Å². The summed E-state index contributed by atoms with van der Waals surface area (Å²) in [5, 5.41) is 18.6. The summed E-state index contributed by atoms with van der Waals surface area (Å²) < 4.78 is 7.56. The molecule has 4 heterocycles. The number of anilines is 1. The van der Waals surface area contributed by atoms with E-state index in [1.165, 1.54) is 0 Å². The second-order valence-electron chi connectivity index (χ2n) is 5.61. The Morgan fingerprint density at radius 3 is 2.84 bits per heavy atom. The summed E-state index contributed by atoms with van der Waals surface area (Å²) in [6.45, 7) is -0.208. The third kappa shape index (κ3) is 2.53. The van der Waals surface area contributed by atoms with E-state index in [9.17, 15) is 10.4 Å². The molecule has 0 fully saturated rings. The first-order valence-corrected chi connectivity index (χ1v) is 7.67. The predicted molar refractivity (Wildman–Crippen MR) is 93.4 cm³/mol. The van der Waals surface area contributed by atoms with Crippen LogP contribution in [0.3, 0.4) is 0 Å². The molecule has 6 nitrogen and oxygen atoms in total. The molecule has 0 atom stereocenters. The second kappa shape index (κ2) is 5.82. The van der Waals surface area contributed by atoms with Gasteiger partial charge in [-0.1, -0.05) is 6.07 Å². The van der Waals surface area contributed by atoms with E-state index in [2.05, 4.69) is 11.1 Å². The van der Waals surface area contributed by atoms with Crippen molar-refractivity contribution in [1.82, 2.24) is 9.38 Å². The monoisotopic (exact) mass is 330 g/mol. The summed E-state index contributed by atoms with van der Waals surface area (Å²) in [7, 11) is 0. The highest BCUT2D eigenvalue weighted by molar-refractivity contribution is 5.79. The first kappa shape index (κ1) is 15.0. The summed E-state index contributed by atoms with van der Waals surface area (Å²) in [5.41, 5.74) is 9.39. The fourth-order valence-electron chi connectivity index (χ4n) is 2.83. The third-order valence-corrected chi connectivity index (χ3v) is 4.04. The molecule has 0 bridgehead atoms. The van der Waals surface area contributed by atoms with Crippen molar-refractivity contribution in [1.29, 1.82) is 5.26 Å². The quantitative estimate of drug-likeness (QED) is 0.601. The fraction of sp³-hybridized carbons (Fsp3) is 0.0526. The summed E-state index contributed by atoms with van der Waals surface area (Å²) in [4.78, 5) is 4.37. The Kier molecular flexibility index (Phi) is 3.49. The lowest BCUT2D eigenvalue weighted by Crippen LogP contribution is -1.99. The van der Waals surface area contributed by atoms with E-state index in [0.717, 1.165) is 11.1 Å². The average Bonchev–Trinajstić information content (AvgIpc) is 3.27. The zero-order chi connectivity index (χ0) is 17.4. The smallest absolute Gasteiger partial charge is 0.142 e. The Balaban J connectivity index is 1.91. The van der Waals surface area contributed by atoms with Crippen LogP contribution in [0.2, 0.25) is 0 Å². The first-order chi connectivity index (χ1) is 12.2. The van der Waals surface area contributed by atoms with Crippen LogP contribution in [-0.4, -0.2) is 14.5 Å². The molecule has 0 unspecified atom stereocenters. The summed E-state index contributed by atoms with van der Waals surface area (Å²) >= 11 is 0. The number of rotatable bonds is 3. The number of nitrogens with zero attached hydrogens (tertiary/aromatic N) is 3. The highest BCUT2D eigenvalue weighted by Crippen LogP contribution is 2.33. The van der Waals surface area contributed by atoms with E-state index < -0.39 is 0 Å². The van der Waals surface area contributed by atoms with Crippen LogP contribution in [0.15, 0.2) is 59.3 Å². The maximum Gasteiger partial charge on any atom is 0.142 e. The van der Waals surface area contributed by atoms with Gasteiger partial charge in [0.2, 0.25) is 0 Å². The van der Waals surface area contributed by atoms with E-state index in [-0.39, 0.29) is 18.0 Å². The molecule has 0 aliphatic rings. The molecule has 4 aromatic rings. The number of nitriles is 1. The SMILES string of the molecule is N#Cc1c(-c2ccc(CO)o2)cc(-c2cc3ccccn3c2)nc1N. The molecular formula is C19H14N4O2. The minimum absolute atomic E-state index is 0.146. The molecule has 0 spiro atoms. The number of hydrogen-bond acceptors (Lipinski definition) is 5. The van der Waals surface area contributed by atoms with Gasteiger partial charge in [0.25, 0.3) is 0 Å². The number of aromatic nitrogens is 2. The van der Waals surface area contributed by atoms with Crippen LogP contribution in [0.25, 0.3) is 28.1 Å². The van der Waals surface area contributed by atoms with Crippen molar-refractivity contribution in [2.75, 3.05) is 5.73 Å². The van der Waals surface area contributed by atoms with Crippen molar-refractivity contribution in [3.63, 3.8) is 0 Å². The zero-order valence-corrected chi connectivity index (χ0v) is 13.2. The molecular weight excluding hydrogens is 316 g/mol. The minimum atomic E-state index is -0.208. The van der Waals surface area contributed by atoms with E-state index >= 15 is 0 Å². The Labute approximate surface area is 143 Å². The van der Waals surface area contributed by atoms with Crippen molar-refractivity contribution in [3.05, 3.63) is 66.2 Å². The molecule has 0 aliphatic heterocycles. The van der Waals surface area contributed by atoms with Crippen LogP contribution in [0.1, 0.15) is 11.3 Å². The van der Waals surface area contributed by atoms with E-state index in [4.69, 9.17) is 10.2 Å². The van der Waals surface area contributed by atoms with Crippen LogP contribution in [0, 0.1) is 11.3 Å². The molecule has 0 saturated carbocycles. The van der Waals surface area contributed by atoms with E-state index in [1.54, 1.807) is 18.2 Å². The van der Waals surface area contributed by atoms with Gasteiger partial charge < -0.3 is 19.7 Å². The Morgan fingerprint density at radius 2 is 2.12 bits per heavy atom. The number of aliphatic hydroxyl groups excluding tert-OH is 1. The van der Waals surface area contributed by atoms with Gasteiger partial charge in [0.05, 0.1) is 5.69 Å². The van der Waals surface area contributed by atoms with Crippen LogP contribution in [0.4, 0.5) is 5.82 Å². The van der Waals surface area contributed by atoms with Gasteiger partial charge in [-0.05, 0) is 36.4 Å². The van der Waals surface area contributed by atoms with Crippen LogP contribution >= 0.6 is 0 Å². The molecule has 4 aromatic heterocycles. The number of fused-ring (bicyclic) bond motifs is 1. The summed E-state index contributed by atoms with van der Waals surface area (Å²) in [5.74, 6) is 1.04. The van der Waals surface area contributed by atoms with Gasteiger partial charge in [-0.3, -0.25) is 0 Å². The number of pyridine rings is 2. The van der Waals surface area contributed by atoms with Crippen LogP contribution < -0.4 is 5.73 Å². The normalized spacial score (nSPS) is 10.9. The summed E-state index contributed by atoms with van der Waals surface area (Å²) in [6.07, 6.45) is 3.90. The maximum atomic E-state index is 9.44. The zero-order valence-electron chi connectivity index (χ0n) is 13.2. The first-order valence-electron chi connectivity index (χ1n) is 7.67. The summed E-state index contributed by atoms with van der Waals surface area (Å²) in [6, 6.07) is 15.1. The molecule has 6 heteroatoms. The number of furan rings is 1. The molecule has 0 saturated heterocycles. The third-order valence-electron chi connectivity index (χ3n) is 4.04. The maximum absolute atomic E-state index is 9.44. The lowest BCUT2D eigenvalue weighted by molar-refractivity contribution is 0.248. The Bertz CT molecular complexity index is 1090. The highest BCUT2D eigenvalue weighted by atomic mass is 16.4. The second-order valence-corrected chi connectivity index (χ2v) is 5.61. The van der Waals surface area contributed by atoms with Crippen molar-refractivity contribution < 1.29 is 9.52 Å². The Morgan fingerprint density at radius 1 is 1.24 bits per heavy atom. The van der Waals surface area contributed by atoms with Gasteiger partial charge in [0.1, 0.15) is 35.6 Å². The van der Waals surface area contributed by atoms with Crippen molar-refractivity contribution in [2.45, 2.75) is 6.61 Å². The molecule has 0 aromatic carbocycles. The number of hydrogen-bond donors (Lipinski definition) is 2. The molecule has 122 valence electrons. The van der Waals surface area contributed by atoms with Gasteiger partial charge in [0.15, 0.2) is 0 Å². The molecule has 0 aliphatic carbocycles. The largest absolute Gasteiger partial charge is 0.459 e. The molecule has 25 heavy (non-hydrogen) atoms. The Hall–Kier alpha value is -3.56. The average molecular weight is 330 g/mol. The molecule has 0 amide bonds. The topological polar surface area (TPSA) is 100 Å². The van der Waals surface area contributed by atoms with E-state index in [1.807, 2.05) is 41.1 Å². The van der Waals surface area contributed by atoms with Crippen LogP contribution in [0.5, 0.6) is 0 Å². The standard InChI is InChI=1S/C19H14N4O2/c20-9-16-15(18-5-4-14(11-24)25-18)8-17(22-19(16)21)12-7-13-3-1-2-6-23(13)10-12/h1-8,10,24H,11H2,(H2,21,22). The van der Waals surface area contributed by atoms with Crippen LogP contribution in [-0.2, 0) is 6.61 Å². The van der Waals surface area contributed by atoms with Crippen molar-refractivity contribution in [2.24, 2.45) is 0 Å². The number of nitrogens with two attached hydrogens (primary N) is 1. The van der Waals surface area contributed by atoms with Gasteiger partial charge in [-0.2, -0.15) is 5.26 Å². The van der Waals surface area contributed by atoms with Gasteiger partial charge in [-0.15, -0.1) is 0 Å². The molecule has 4 rings (SSSR count). The molecule has 0 radical (unpaired) electrons. The highest BCUT2D eigenvalue weighted by Gasteiger charge is 2.16. The number of nitrogen functional groups attached to an aromatic ring is 1. The van der Waals surface area contributed by atoms with Crippen molar-refractivity contribution >= 4 is 11.3 Å². The lowest BCUT2D eigenvalue weighted by Gasteiger charge is -2.07. The minimum Gasteiger partial charge on any atom is -0.459 e. The van der Waals surface area contributed by atoms with Gasteiger partial charge >= 0.3 is 0 Å². The van der Waals surface area contributed by atoms with E-state index in [0.29, 0.717) is 22.8 Å². The fourth-order valence-corrected chi connectivity index (χ4v) is 2.83. The predicted octanol–water partition coefficient (Wildman–Crippen LogP) is 3.21. The number of aliphatic hydroxyl groups is 1. The molecule has 3 N–H and O–H groups in total. The van der Waals surface area contributed by atoms with Crippen molar-refractivity contribution in [3.8, 4) is 28.7 Å². The lowest BCUT2D eigenvalue weighted by atomic mass is 10.0.